The highest BCUT2D eigenvalue weighted by atomic mass is 32.1. The molecule has 32 heavy (non-hydrogen) atoms. The first-order valence-corrected chi connectivity index (χ1v) is 14.3. The number of hydrogen-bond acceptors (Lipinski definition) is 5. The predicted molar refractivity (Wildman–Crippen MR) is 143 cm³/mol. The van der Waals surface area contributed by atoms with Crippen molar-refractivity contribution in [2.24, 2.45) is 0 Å². The van der Waals surface area contributed by atoms with Crippen LogP contribution >= 0.6 is 45.3 Å². The van der Waals surface area contributed by atoms with Crippen molar-refractivity contribution in [2.45, 2.75) is 0 Å². The Balaban J connectivity index is 1.66. The largest absolute Gasteiger partial charge is 0.516 e. The first-order chi connectivity index (χ1) is 15.9. The van der Waals surface area contributed by atoms with E-state index in [2.05, 4.69) is 102 Å². The summed E-state index contributed by atoms with van der Waals surface area (Å²) in [6, 6.07) is 16.0. The summed E-state index contributed by atoms with van der Waals surface area (Å²) in [7, 11) is 0. The molecule has 0 fully saturated rings. The van der Waals surface area contributed by atoms with Gasteiger partial charge in [-0.3, -0.25) is 0 Å². The Hall–Kier alpha value is -2.58. The van der Waals surface area contributed by atoms with Crippen LogP contribution in [0, 0.1) is 0 Å². The van der Waals surface area contributed by atoms with Crippen LogP contribution in [0.1, 0.15) is 10.6 Å². The second-order valence-electron chi connectivity index (χ2n) is 8.17. The van der Waals surface area contributed by atoms with Gasteiger partial charge in [-0.25, -0.2) is 0 Å². The zero-order valence-corrected chi connectivity index (χ0v) is 20.3. The lowest BCUT2D eigenvalue weighted by atomic mass is 9.35. The zero-order valence-electron chi connectivity index (χ0n) is 17.0. The molecule has 5 aromatic rings. The van der Waals surface area contributed by atoms with Crippen LogP contribution in [-0.4, -0.2) is 22.2 Å². The van der Waals surface area contributed by atoms with Gasteiger partial charge in [0.2, 0.25) is 6.42 Å². The Morgan fingerprint density at radius 1 is 0.750 bits per heavy atom. The summed E-state index contributed by atoms with van der Waals surface area (Å²) < 4.78 is 2.66. The minimum absolute atomic E-state index is 0.913. The van der Waals surface area contributed by atoms with E-state index in [9.17, 15) is 0 Å². The third kappa shape index (κ3) is 2.45. The molecule has 0 radical (unpaired) electrons. The highest BCUT2D eigenvalue weighted by Gasteiger charge is 2.45. The fraction of sp³-hybridized carbons (Fsp3) is 0.0400. The predicted octanol–water partition coefficient (Wildman–Crippen LogP) is 6.15. The van der Waals surface area contributed by atoms with E-state index in [0.29, 0.717) is 0 Å². The molecule has 0 saturated carbocycles. The summed E-state index contributed by atoms with van der Waals surface area (Å²) in [5, 5.41) is 15.8. The van der Waals surface area contributed by atoms with E-state index in [1.165, 1.54) is 44.0 Å². The van der Waals surface area contributed by atoms with Crippen molar-refractivity contribution in [3.05, 3.63) is 109 Å². The molecule has 2 aliphatic heterocycles. The number of thiophene rings is 4. The molecule has 0 spiro atoms. The first kappa shape index (κ1) is 18.9. The highest BCUT2D eigenvalue weighted by Crippen LogP contribution is 2.44. The van der Waals surface area contributed by atoms with Gasteiger partial charge in [0.15, 0.2) is 0 Å². The van der Waals surface area contributed by atoms with E-state index in [-0.39, 0.29) is 0 Å². The van der Waals surface area contributed by atoms with Crippen molar-refractivity contribution in [2.75, 3.05) is 6.54 Å². The van der Waals surface area contributed by atoms with Gasteiger partial charge in [-0.15, -0.1) is 22.3 Å². The van der Waals surface area contributed by atoms with Crippen LogP contribution in [0.15, 0.2) is 98.0 Å². The van der Waals surface area contributed by atoms with E-state index >= 15 is 0 Å². The molecule has 0 saturated heterocycles. The molecule has 0 bridgehead atoms. The van der Waals surface area contributed by atoms with Crippen LogP contribution in [0.3, 0.4) is 0 Å². The maximum Gasteiger partial charge on any atom is 0.244 e. The molecule has 0 amide bonds. The molecule has 0 N–H and O–H groups in total. The summed E-state index contributed by atoms with van der Waals surface area (Å²) >= 11 is 7.17. The number of hydrogen-bond donors (Lipinski definition) is 0. The molecule has 2 nitrogen and oxygen atoms in total. The Bertz CT molecular complexity index is 1400. The molecule has 0 unspecified atom stereocenters. The molecule has 156 valence electrons. The molecule has 0 aromatic carbocycles. The summed E-state index contributed by atoms with van der Waals surface area (Å²) in [5.41, 5.74) is 9.34. The van der Waals surface area contributed by atoms with Crippen LogP contribution in [0.25, 0.3) is 16.8 Å². The standard InChI is InChI=1S/C25H18BN2S4/c1-3-22-25(24-4-2-11-32-24)23-6-5-21(18-7-12-29-15-18)28(23)26(27(22)10-1,19-8-13-30-16-19)20-9-14-31-17-20/h1-9,11-17H,10H2/q-1. The SMILES string of the molecule is C1=CC2=C(c3cccs3)c3ccc(-c4ccsc4)n3[B-](c3ccsc3)(c3ccsc3)N2C1. The third-order valence-electron chi connectivity index (χ3n) is 6.74. The minimum atomic E-state index is -1.37. The second kappa shape index (κ2) is 7.22. The maximum atomic E-state index is 2.67. The fourth-order valence-corrected chi connectivity index (χ4v) is 8.47. The lowest BCUT2D eigenvalue weighted by molar-refractivity contribution is 0.602. The first-order valence-electron chi connectivity index (χ1n) is 10.6. The van der Waals surface area contributed by atoms with Crippen molar-refractivity contribution in [3.8, 4) is 11.3 Å². The van der Waals surface area contributed by atoms with Gasteiger partial charge in [-0.2, -0.15) is 34.0 Å². The molecule has 7 rings (SSSR count). The van der Waals surface area contributed by atoms with E-state index in [1.54, 1.807) is 34.0 Å². The highest BCUT2D eigenvalue weighted by molar-refractivity contribution is 7.14. The van der Waals surface area contributed by atoms with Gasteiger partial charge in [-0.1, -0.05) is 24.3 Å². The van der Waals surface area contributed by atoms with Crippen LogP contribution in [0.5, 0.6) is 0 Å². The normalized spacial score (nSPS) is 16.6. The maximum absolute atomic E-state index is 2.67. The Morgan fingerprint density at radius 2 is 1.50 bits per heavy atom. The van der Waals surface area contributed by atoms with Gasteiger partial charge >= 0.3 is 0 Å². The molecule has 0 aliphatic carbocycles. The van der Waals surface area contributed by atoms with Crippen molar-refractivity contribution in [1.82, 2.24) is 9.29 Å². The van der Waals surface area contributed by atoms with Gasteiger partial charge in [0.25, 0.3) is 0 Å². The Kier molecular flexibility index (Phi) is 4.27. The summed E-state index contributed by atoms with van der Waals surface area (Å²) in [4.78, 5) is 4.00. The van der Waals surface area contributed by atoms with E-state index in [4.69, 9.17) is 0 Å². The number of fused-ring (bicyclic) bond motifs is 2. The van der Waals surface area contributed by atoms with Crippen molar-refractivity contribution in [1.29, 1.82) is 0 Å². The molecule has 5 aromatic heterocycles. The molecular weight excluding hydrogens is 467 g/mol. The van der Waals surface area contributed by atoms with Crippen LogP contribution in [-0.2, 0) is 0 Å². The van der Waals surface area contributed by atoms with Crippen LogP contribution < -0.4 is 10.9 Å². The van der Waals surface area contributed by atoms with E-state index in [0.717, 1.165) is 6.54 Å². The molecular formula is C25H18BN2S4-. The average molecular weight is 486 g/mol. The molecule has 7 heteroatoms. The monoisotopic (exact) mass is 485 g/mol. The minimum Gasteiger partial charge on any atom is -0.516 e. The number of rotatable bonds is 4. The number of aromatic nitrogens is 1. The fourth-order valence-electron chi connectivity index (χ4n) is 5.56. The zero-order chi connectivity index (χ0) is 21.1. The average Bonchev–Trinajstić information content (AvgIpc) is 3.67. The van der Waals surface area contributed by atoms with Gasteiger partial charge in [-0.05, 0) is 74.5 Å². The lowest BCUT2D eigenvalue weighted by Crippen LogP contribution is -2.75. The van der Waals surface area contributed by atoms with Crippen molar-refractivity contribution >= 4 is 68.3 Å². The summed E-state index contributed by atoms with van der Waals surface area (Å²) in [5.74, 6) is 0. The molecule has 2 aliphatic rings. The quantitative estimate of drug-likeness (QED) is 0.277. The van der Waals surface area contributed by atoms with Gasteiger partial charge in [0, 0.05) is 33.1 Å². The molecule has 0 atom stereocenters. The Labute approximate surface area is 203 Å². The topological polar surface area (TPSA) is 8.17 Å². The molecule has 7 heterocycles. The van der Waals surface area contributed by atoms with Crippen molar-refractivity contribution < 1.29 is 0 Å². The van der Waals surface area contributed by atoms with Crippen LogP contribution in [0.2, 0.25) is 0 Å². The summed E-state index contributed by atoms with van der Waals surface area (Å²) in [6.45, 7) is 0.913. The Morgan fingerprint density at radius 3 is 2.16 bits per heavy atom. The van der Waals surface area contributed by atoms with E-state index in [1.807, 2.05) is 11.3 Å². The van der Waals surface area contributed by atoms with Crippen LogP contribution in [0.4, 0.5) is 0 Å². The second-order valence-corrected chi connectivity index (χ2v) is 11.5. The number of nitrogens with zero attached hydrogens (tertiary/aromatic N) is 2. The summed E-state index contributed by atoms with van der Waals surface area (Å²) in [6.07, 6.45) is 3.30. The van der Waals surface area contributed by atoms with Crippen molar-refractivity contribution in [3.63, 3.8) is 0 Å². The lowest BCUT2D eigenvalue weighted by Gasteiger charge is -2.57. The number of allylic oxidation sites excluding steroid dienone is 1. The van der Waals surface area contributed by atoms with Gasteiger partial charge in [0.1, 0.15) is 0 Å². The van der Waals surface area contributed by atoms with E-state index < -0.39 is 6.42 Å². The smallest absolute Gasteiger partial charge is 0.244 e. The third-order valence-corrected chi connectivity index (χ3v) is 9.72. The van der Waals surface area contributed by atoms with Gasteiger partial charge < -0.3 is 9.29 Å². The van der Waals surface area contributed by atoms with Gasteiger partial charge in [0.05, 0.1) is 0 Å².